The van der Waals surface area contributed by atoms with Gasteiger partial charge in [-0.15, -0.1) is 0 Å². The molecule has 1 aliphatic heterocycles. The Balaban J connectivity index is 2.12. The van der Waals surface area contributed by atoms with Crippen molar-refractivity contribution in [3.63, 3.8) is 0 Å². The summed E-state index contributed by atoms with van der Waals surface area (Å²) in [4.78, 5) is 0. The van der Waals surface area contributed by atoms with E-state index >= 15 is 0 Å². The van der Waals surface area contributed by atoms with Crippen LogP contribution >= 0.6 is 11.6 Å². The van der Waals surface area contributed by atoms with E-state index in [1.807, 2.05) is 18.2 Å². The Labute approximate surface area is 102 Å². The number of nitrogens with one attached hydrogen (secondary N) is 1. The smallest absolute Gasteiger partial charge is 0.123 e. The number of hydrogen-bond donors (Lipinski definition) is 1. The molecule has 0 aromatic heterocycles. The molecule has 0 unspecified atom stereocenters. The molecule has 1 saturated heterocycles. The van der Waals surface area contributed by atoms with Gasteiger partial charge in [-0.1, -0.05) is 17.7 Å². The van der Waals surface area contributed by atoms with Crippen LogP contribution in [0.15, 0.2) is 18.2 Å². The molecule has 2 rings (SSSR count). The van der Waals surface area contributed by atoms with Gasteiger partial charge in [0.25, 0.3) is 0 Å². The summed E-state index contributed by atoms with van der Waals surface area (Å²) in [5.41, 5.74) is 1.17. The number of ether oxygens (including phenoxy) is 1. The van der Waals surface area contributed by atoms with E-state index in [0.29, 0.717) is 0 Å². The molecular formula is C13H18ClNO. The summed E-state index contributed by atoms with van der Waals surface area (Å²) in [7, 11) is 1.71. The van der Waals surface area contributed by atoms with Crippen LogP contribution in [0, 0.1) is 5.92 Å². The monoisotopic (exact) mass is 239 g/mol. The van der Waals surface area contributed by atoms with Gasteiger partial charge in [0.05, 0.1) is 7.11 Å². The van der Waals surface area contributed by atoms with Crippen LogP contribution in [0.4, 0.5) is 0 Å². The van der Waals surface area contributed by atoms with E-state index in [9.17, 15) is 0 Å². The molecule has 1 aliphatic rings. The molecule has 1 heterocycles. The van der Waals surface area contributed by atoms with Gasteiger partial charge in [-0.2, -0.15) is 0 Å². The van der Waals surface area contributed by atoms with E-state index < -0.39 is 0 Å². The molecule has 3 heteroatoms. The van der Waals surface area contributed by atoms with Crippen molar-refractivity contribution in [1.29, 1.82) is 0 Å². The van der Waals surface area contributed by atoms with Gasteiger partial charge in [0, 0.05) is 10.6 Å². The van der Waals surface area contributed by atoms with E-state index in [1.54, 1.807) is 7.11 Å². The summed E-state index contributed by atoms with van der Waals surface area (Å²) < 4.78 is 5.37. The Kier molecular flexibility index (Phi) is 4.08. The van der Waals surface area contributed by atoms with Crippen LogP contribution in [0.3, 0.4) is 0 Å². The molecule has 0 aliphatic carbocycles. The van der Waals surface area contributed by atoms with Crippen LogP contribution in [0.2, 0.25) is 5.02 Å². The molecule has 0 amide bonds. The standard InChI is InChI=1S/C13H18ClNO/c1-16-13-4-2-3-12(14)11(13)9-10-5-7-15-8-6-10/h2-4,10,15H,5-9H2,1H3. The van der Waals surface area contributed by atoms with Crippen molar-refractivity contribution in [3.8, 4) is 5.75 Å². The highest BCUT2D eigenvalue weighted by Gasteiger charge is 2.17. The Hall–Kier alpha value is -0.730. The summed E-state index contributed by atoms with van der Waals surface area (Å²) >= 11 is 6.23. The van der Waals surface area contributed by atoms with Gasteiger partial charge in [0.1, 0.15) is 5.75 Å². The largest absolute Gasteiger partial charge is 0.496 e. The molecule has 1 aromatic rings. The molecular weight excluding hydrogens is 222 g/mol. The number of methoxy groups -OCH3 is 1. The van der Waals surface area contributed by atoms with Crippen molar-refractivity contribution in [2.24, 2.45) is 5.92 Å². The number of halogens is 1. The highest BCUT2D eigenvalue weighted by molar-refractivity contribution is 6.31. The van der Waals surface area contributed by atoms with Crippen molar-refractivity contribution in [3.05, 3.63) is 28.8 Å². The average Bonchev–Trinajstić information content (AvgIpc) is 2.33. The van der Waals surface area contributed by atoms with Gasteiger partial charge in [0.2, 0.25) is 0 Å². The molecule has 0 bridgehead atoms. The summed E-state index contributed by atoms with van der Waals surface area (Å²) in [5, 5.41) is 4.21. The first-order chi connectivity index (χ1) is 7.81. The fraction of sp³-hybridized carbons (Fsp3) is 0.538. The molecule has 0 saturated carbocycles. The Morgan fingerprint density at radius 3 is 2.81 bits per heavy atom. The lowest BCUT2D eigenvalue weighted by atomic mass is 9.90. The minimum atomic E-state index is 0.732. The zero-order valence-corrected chi connectivity index (χ0v) is 10.4. The van der Waals surface area contributed by atoms with Gasteiger partial charge in [0.15, 0.2) is 0 Å². The van der Waals surface area contributed by atoms with Crippen LogP contribution in [0.25, 0.3) is 0 Å². The minimum Gasteiger partial charge on any atom is -0.496 e. The quantitative estimate of drug-likeness (QED) is 0.876. The molecule has 16 heavy (non-hydrogen) atoms. The van der Waals surface area contributed by atoms with E-state index in [0.717, 1.165) is 36.2 Å². The van der Waals surface area contributed by atoms with Crippen molar-refractivity contribution in [2.45, 2.75) is 19.3 Å². The first-order valence-corrected chi connectivity index (χ1v) is 6.21. The number of rotatable bonds is 3. The highest BCUT2D eigenvalue weighted by Crippen LogP contribution is 2.30. The molecule has 0 atom stereocenters. The normalized spacial score (nSPS) is 17.4. The summed E-state index contributed by atoms with van der Waals surface area (Å²) in [5.74, 6) is 1.65. The van der Waals surface area contributed by atoms with Crippen molar-refractivity contribution >= 4 is 11.6 Å². The first kappa shape index (κ1) is 11.7. The van der Waals surface area contributed by atoms with Crippen LogP contribution in [-0.2, 0) is 6.42 Å². The summed E-state index contributed by atoms with van der Waals surface area (Å²) in [6, 6.07) is 5.87. The fourth-order valence-corrected chi connectivity index (χ4v) is 2.55. The third-order valence-corrected chi connectivity index (χ3v) is 3.60. The topological polar surface area (TPSA) is 21.3 Å². The maximum atomic E-state index is 6.23. The van der Waals surface area contributed by atoms with Crippen LogP contribution in [0.1, 0.15) is 18.4 Å². The van der Waals surface area contributed by atoms with E-state index in [4.69, 9.17) is 16.3 Å². The average molecular weight is 240 g/mol. The van der Waals surface area contributed by atoms with Crippen molar-refractivity contribution in [2.75, 3.05) is 20.2 Å². The molecule has 1 fully saturated rings. The van der Waals surface area contributed by atoms with Crippen LogP contribution < -0.4 is 10.1 Å². The molecule has 0 radical (unpaired) electrons. The lowest BCUT2D eigenvalue weighted by Crippen LogP contribution is -2.28. The number of piperidine rings is 1. The van der Waals surface area contributed by atoms with Crippen LogP contribution in [-0.4, -0.2) is 20.2 Å². The van der Waals surface area contributed by atoms with Gasteiger partial charge >= 0.3 is 0 Å². The second kappa shape index (κ2) is 5.55. The second-order valence-corrected chi connectivity index (χ2v) is 4.73. The fourth-order valence-electron chi connectivity index (χ4n) is 2.30. The molecule has 88 valence electrons. The SMILES string of the molecule is COc1cccc(Cl)c1CC1CCNCC1. The van der Waals surface area contributed by atoms with Gasteiger partial charge in [-0.25, -0.2) is 0 Å². The Morgan fingerprint density at radius 1 is 1.38 bits per heavy atom. The van der Waals surface area contributed by atoms with Crippen LogP contribution in [0.5, 0.6) is 5.75 Å². The molecule has 0 spiro atoms. The third-order valence-electron chi connectivity index (χ3n) is 3.25. The molecule has 1 aromatic carbocycles. The first-order valence-electron chi connectivity index (χ1n) is 5.83. The third kappa shape index (κ3) is 2.69. The number of hydrogen-bond acceptors (Lipinski definition) is 2. The maximum Gasteiger partial charge on any atom is 0.123 e. The Bertz CT molecular complexity index is 348. The molecule has 1 N–H and O–H groups in total. The predicted octanol–water partition coefficient (Wildman–Crippen LogP) is 2.89. The highest BCUT2D eigenvalue weighted by atomic mass is 35.5. The molecule has 2 nitrogen and oxygen atoms in total. The lowest BCUT2D eigenvalue weighted by molar-refractivity contribution is 0.361. The van der Waals surface area contributed by atoms with Gasteiger partial charge < -0.3 is 10.1 Å². The zero-order valence-electron chi connectivity index (χ0n) is 9.63. The van der Waals surface area contributed by atoms with Gasteiger partial charge in [-0.05, 0) is 50.4 Å². The summed E-state index contributed by atoms with van der Waals surface area (Å²) in [6.45, 7) is 2.24. The zero-order chi connectivity index (χ0) is 11.4. The van der Waals surface area contributed by atoms with Crippen molar-refractivity contribution < 1.29 is 4.74 Å². The van der Waals surface area contributed by atoms with E-state index in [-0.39, 0.29) is 0 Å². The number of benzene rings is 1. The minimum absolute atomic E-state index is 0.732. The van der Waals surface area contributed by atoms with E-state index in [2.05, 4.69) is 5.32 Å². The lowest BCUT2D eigenvalue weighted by Gasteiger charge is -2.23. The maximum absolute atomic E-state index is 6.23. The predicted molar refractivity (Wildman–Crippen MR) is 67.3 cm³/mol. The Morgan fingerprint density at radius 2 is 2.12 bits per heavy atom. The second-order valence-electron chi connectivity index (χ2n) is 4.32. The van der Waals surface area contributed by atoms with Gasteiger partial charge in [-0.3, -0.25) is 0 Å². The van der Waals surface area contributed by atoms with Crippen molar-refractivity contribution in [1.82, 2.24) is 5.32 Å². The summed E-state index contributed by atoms with van der Waals surface area (Å²) in [6.07, 6.45) is 3.49. The van der Waals surface area contributed by atoms with E-state index in [1.165, 1.54) is 18.4 Å².